The van der Waals surface area contributed by atoms with Gasteiger partial charge in [-0.2, -0.15) is 5.10 Å². The highest BCUT2D eigenvalue weighted by Crippen LogP contribution is 2.11. The Balaban J connectivity index is 1.59. The van der Waals surface area contributed by atoms with Crippen LogP contribution in [-0.2, 0) is 6.42 Å². The van der Waals surface area contributed by atoms with Crippen molar-refractivity contribution in [1.29, 1.82) is 0 Å². The van der Waals surface area contributed by atoms with Crippen LogP contribution in [0.25, 0.3) is 0 Å². The minimum Gasteiger partial charge on any atom is -0.494 e. The predicted octanol–water partition coefficient (Wildman–Crippen LogP) is 2.87. The number of aryl methyl sites for hydroxylation is 2. The quantitative estimate of drug-likeness (QED) is 0.737. The highest BCUT2D eigenvalue weighted by atomic mass is 16.5. The summed E-state index contributed by atoms with van der Waals surface area (Å²) >= 11 is 0. The summed E-state index contributed by atoms with van der Waals surface area (Å²) in [5, 5.41) is 9.69. The third-order valence-corrected chi connectivity index (χ3v) is 3.39. The molecule has 0 saturated heterocycles. The summed E-state index contributed by atoms with van der Waals surface area (Å²) in [5.41, 5.74) is 2.64. The fourth-order valence-electron chi connectivity index (χ4n) is 2.00. The number of carbonyl (C=O) groups excluding carboxylic acids is 1. The number of aromatic amines is 1. The van der Waals surface area contributed by atoms with E-state index in [4.69, 9.17) is 4.74 Å². The van der Waals surface area contributed by atoms with Crippen LogP contribution < -0.4 is 10.1 Å². The molecular formula is C17H23N3O2. The van der Waals surface area contributed by atoms with Crippen LogP contribution >= 0.6 is 0 Å². The maximum absolute atomic E-state index is 11.8. The van der Waals surface area contributed by atoms with Gasteiger partial charge in [-0.25, -0.2) is 0 Å². The molecule has 0 aliphatic carbocycles. The first kappa shape index (κ1) is 16.1. The van der Waals surface area contributed by atoms with Gasteiger partial charge in [0.1, 0.15) is 11.4 Å². The molecule has 0 spiro atoms. The zero-order valence-electron chi connectivity index (χ0n) is 13.2. The maximum Gasteiger partial charge on any atom is 0.271 e. The van der Waals surface area contributed by atoms with E-state index in [9.17, 15) is 4.79 Å². The number of hydrogen-bond donors (Lipinski definition) is 2. The van der Waals surface area contributed by atoms with Gasteiger partial charge in [-0.3, -0.25) is 9.89 Å². The van der Waals surface area contributed by atoms with Gasteiger partial charge in [-0.15, -0.1) is 0 Å². The van der Waals surface area contributed by atoms with Crippen LogP contribution in [0.1, 0.15) is 41.5 Å². The monoisotopic (exact) mass is 301 g/mol. The molecule has 1 amide bonds. The molecular weight excluding hydrogens is 278 g/mol. The van der Waals surface area contributed by atoms with E-state index >= 15 is 0 Å². The first-order valence-corrected chi connectivity index (χ1v) is 7.71. The average molecular weight is 301 g/mol. The number of rotatable bonds is 8. The summed E-state index contributed by atoms with van der Waals surface area (Å²) in [7, 11) is 0. The zero-order valence-corrected chi connectivity index (χ0v) is 13.2. The van der Waals surface area contributed by atoms with E-state index in [1.165, 1.54) is 5.56 Å². The molecule has 118 valence electrons. The molecule has 2 aromatic rings. The molecule has 0 bridgehead atoms. The van der Waals surface area contributed by atoms with E-state index < -0.39 is 0 Å². The average Bonchev–Trinajstić information content (AvgIpc) is 3.01. The number of amides is 1. The molecule has 5 heteroatoms. The Bertz CT molecular complexity index is 590. The van der Waals surface area contributed by atoms with E-state index in [1.54, 1.807) is 6.07 Å². The molecule has 0 radical (unpaired) electrons. The van der Waals surface area contributed by atoms with Crippen molar-refractivity contribution in [3.05, 3.63) is 47.3 Å². The number of benzene rings is 1. The predicted molar refractivity (Wildman–Crippen MR) is 86.2 cm³/mol. The minimum absolute atomic E-state index is 0.129. The Kier molecular flexibility index (Phi) is 6.01. The molecule has 1 aromatic carbocycles. The van der Waals surface area contributed by atoms with Gasteiger partial charge >= 0.3 is 0 Å². The van der Waals surface area contributed by atoms with Gasteiger partial charge in [0.25, 0.3) is 5.91 Å². The lowest BCUT2D eigenvalue weighted by molar-refractivity contribution is 0.0947. The number of aromatic nitrogens is 2. The van der Waals surface area contributed by atoms with Gasteiger partial charge in [0, 0.05) is 12.2 Å². The fourth-order valence-corrected chi connectivity index (χ4v) is 2.00. The summed E-state index contributed by atoms with van der Waals surface area (Å²) in [6, 6.07) is 9.80. The SMILES string of the molecule is CCc1cc(C(=O)NCCCCOc2ccc(C)cc2)n[nH]1. The van der Waals surface area contributed by atoms with E-state index in [0.29, 0.717) is 18.8 Å². The lowest BCUT2D eigenvalue weighted by atomic mass is 10.2. The third-order valence-electron chi connectivity index (χ3n) is 3.39. The number of hydrogen-bond acceptors (Lipinski definition) is 3. The first-order chi connectivity index (χ1) is 10.7. The van der Waals surface area contributed by atoms with Gasteiger partial charge in [-0.05, 0) is 44.4 Å². The molecule has 0 saturated carbocycles. The molecule has 2 rings (SSSR count). The van der Waals surface area contributed by atoms with Gasteiger partial charge in [0.15, 0.2) is 0 Å². The summed E-state index contributed by atoms with van der Waals surface area (Å²) in [6.07, 6.45) is 2.62. The van der Waals surface area contributed by atoms with Gasteiger partial charge < -0.3 is 10.1 Å². The molecule has 5 nitrogen and oxygen atoms in total. The number of nitrogens with one attached hydrogen (secondary N) is 2. The molecule has 0 atom stereocenters. The van der Waals surface area contributed by atoms with Crippen LogP contribution in [0.3, 0.4) is 0 Å². The van der Waals surface area contributed by atoms with E-state index in [2.05, 4.69) is 22.4 Å². The lowest BCUT2D eigenvalue weighted by Gasteiger charge is -2.06. The summed E-state index contributed by atoms with van der Waals surface area (Å²) in [4.78, 5) is 11.8. The standard InChI is InChI=1S/C17H23N3O2/c1-3-14-12-16(20-19-14)17(21)18-10-4-5-11-22-15-8-6-13(2)7-9-15/h6-9,12H,3-5,10-11H2,1-2H3,(H,18,21)(H,19,20). The third kappa shape index (κ3) is 4.91. The molecule has 2 N–H and O–H groups in total. The molecule has 1 aromatic heterocycles. The van der Waals surface area contributed by atoms with Crippen molar-refractivity contribution >= 4 is 5.91 Å². The topological polar surface area (TPSA) is 67.0 Å². The van der Waals surface area contributed by atoms with Crippen molar-refractivity contribution in [2.75, 3.05) is 13.2 Å². The van der Waals surface area contributed by atoms with Crippen LogP contribution in [0.2, 0.25) is 0 Å². The van der Waals surface area contributed by atoms with Gasteiger partial charge in [-0.1, -0.05) is 24.6 Å². The molecule has 0 fully saturated rings. The second kappa shape index (κ2) is 8.22. The molecule has 22 heavy (non-hydrogen) atoms. The van der Waals surface area contributed by atoms with Crippen molar-refractivity contribution in [2.45, 2.75) is 33.1 Å². The number of H-pyrrole nitrogens is 1. The number of nitrogens with zero attached hydrogens (tertiary/aromatic N) is 1. The Morgan fingerprint density at radius 2 is 2.05 bits per heavy atom. The van der Waals surface area contributed by atoms with Crippen LogP contribution in [0.15, 0.2) is 30.3 Å². The van der Waals surface area contributed by atoms with Crippen molar-refractivity contribution in [3.63, 3.8) is 0 Å². The summed E-state index contributed by atoms with van der Waals surface area (Å²) in [6.45, 7) is 5.35. The Morgan fingerprint density at radius 3 is 2.73 bits per heavy atom. The van der Waals surface area contributed by atoms with Crippen LogP contribution in [0, 0.1) is 6.92 Å². The molecule has 1 heterocycles. The molecule has 0 aliphatic rings. The first-order valence-electron chi connectivity index (χ1n) is 7.71. The van der Waals surface area contributed by atoms with Gasteiger partial charge in [0.05, 0.1) is 6.61 Å². The smallest absolute Gasteiger partial charge is 0.271 e. The van der Waals surface area contributed by atoms with E-state index in [0.717, 1.165) is 30.7 Å². The highest BCUT2D eigenvalue weighted by Gasteiger charge is 2.08. The Labute approximate surface area is 131 Å². The minimum atomic E-state index is -0.129. The number of unbranched alkanes of at least 4 members (excludes halogenated alkanes) is 1. The normalized spacial score (nSPS) is 10.5. The second-order valence-electron chi connectivity index (χ2n) is 5.26. The number of ether oxygens (including phenoxy) is 1. The number of carbonyl (C=O) groups is 1. The maximum atomic E-state index is 11.8. The van der Waals surface area contributed by atoms with Crippen molar-refractivity contribution in [1.82, 2.24) is 15.5 Å². The summed E-state index contributed by atoms with van der Waals surface area (Å²) in [5.74, 6) is 0.758. The van der Waals surface area contributed by atoms with Crippen molar-refractivity contribution in [3.8, 4) is 5.75 Å². The second-order valence-corrected chi connectivity index (χ2v) is 5.26. The fraction of sp³-hybridized carbons (Fsp3) is 0.412. The Morgan fingerprint density at radius 1 is 1.27 bits per heavy atom. The van der Waals surface area contributed by atoms with Crippen LogP contribution in [0.4, 0.5) is 0 Å². The molecule has 0 unspecified atom stereocenters. The van der Waals surface area contributed by atoms with Crippen LogP contribution in [0.5, 0.6) is 5.75 Å². The van der Waals surface area contributed by atoms with Crippen molar-refractivity contribution < 1.29 is 9.53 Å². The lowest BCUT2D eigenvalue weighted by Crippen LogP contribution is -2.25. The largest absolute Gasteiger partial charge is 0.494 e. The van der Waals surface area contributed by atoms with Crippen molar-refractivity contribution in [2.24, 2.45) is 0 Å². The zero-order chi connectivity index (χ0) is 15.8. The van der Waals surface area contributed by atoms with Crippen LogP contribution in [-0.4, -0.2) is 29.3 Å². The molecule has 0 aliphatic heterocycles. The Hall–Kier alpha value is -2.30. The van der Waals surface area contributed by atoms with E-state index in [-0.39, 0.29) is 5.91 Å². The van der Waals surface area contributed by atoms with Gasteiger partial charge in [0.2, 0.25) is 0 Å². The van der Waals surface area contributed by atoms with E-state index in [1.807, 2.05) is 31.2 Å². The summed E-state index contributed by atoms with van der Waals surface area (Å²) < 4.78 is 5.64. The highest BCUT2D eigenvalue weighted by molar-refractivity contribution is 5.92.